The number of nitrogens with zero attached hydrogens (tertiary/aromatic N) is 4. The molecule has 0 unspecified atom stereocenters. The number of nitrogens with one attached hydrogen (secondary N) is 2. The van der Waals surface area contributed by atoms with Gasteiger partial charge in [-0.1, -0.05) is 12.2 Å². The first-order valence-corrected chi connectivity index (χ1v) is 8.47. The Morgan fingerprint density at radius 3 is 3.04 bits per heavy atom. The van der Waals surface area contributed by atoms with Gasteiger partial charge in [0, 0.05) is 42.8 Å². The van der Waals surface area contributed by atoms with Gasteiger partial charge in [0.05, 0.1) is 16.4 Å². The van der Waals surface area contributed by atoms with E-state index in [1.54, 1.807) is 6.33 Å². The van der Waals surface area contributed by atoms with E-state index in [0.717, 1.165) is 64.9 Å². The van der Waals surface area contributed by atoms with E-state index in [1.165, 1.54) is 5.57 Å². The highest BCUT2D eigenvalue weighted by Crippen LogP contribution is 2.35. The monoisotopic (exact) mass is 330 g/mol. The van der Waals surface area contributed by atoms with Gasteiger partial charge in [0.1, 0.15) is 17.8 Å². The summed E-state index contributed by atoms with van der Waals surface area (Å²) in [6, 6.07) is 4.10. The Morgan fingerprint density at radius 1 is 1.16 bits per heavy atom. The van der Waals surface area contributed by atoms with Crippen LogP contribution in [0.25, 0.3) is 33.2 Å². The molecule has 1 aliphatic heterocycles. The SMILES string of the molecule is C=C1CCCN(c2ncnc3[nH]cc(-c4cnc5cc[nH]c5c4)c23)C1. The van der Waals surface area contributed by atoms with Crippen LogP contribution in [-0.4, -0.2) is 38.0 Å². The predicted octanol–water partition coefficient (Wildman–Crippen LogP) is 3.66. The van der Waals surface area contributed by atoms with Gasteiger partial charge < -0.3 is 14.9 Å². The molecule has 0 saturated carbocycles. The Morgan fingerprint density at radius 2 is 2.12 bits per heavy atom. The molecule has 1 saturated heterocycles. The van der Waals surface area contributed by atoms with Crippen molar-refractivity contribution in [1.29, 1.82) is 0 Å². The van der Waals surface area contributed by atoms with Crippen molar-refractivity contribution >= 4 is 27.9 Å². The number of piperidine rings is 1. The lowest BCUT2D eigenvalue weighted by atomic mass is 10.0. The van der Waals surface area contributed by atoms with Crippen molar-refractivity contribution in [1.82, 2.24) is 24.9 Å². The number of pyridine rings is 1. The first kappa shape index (κ1) is 14.2. The molecule has 4 aromatic heterocycles. The second kappa shape index (κ2) is 5.44. The molecule has 0 aromatic carbocycles. The molecule has 124 valence electrons. The number of hydrogen-bond donors (Lipinski definition) is 2. The van der Waals surface area contributed by atoms with E-state index in [-0.39, 0.29) is 0 Å². The molecule has 1 aliphatic rings. The molecule has 0 radical (unpaired) electrons. The largest absolute Gasteiger partial charge is 0.360 e. The number of hydrogen-bond acceptors (Lipinski definition) is 4. The van der Waals surface area contributed by atoms with Crippen molar-refractivity contribution < 1.29 is 0 Å². The minimum atomic E-state index is 0.850. The van der Waals surface area contributed by atoms with Crippen LogP contribution in [0.5, 0.6) is 0 Å². The fourth-order valence-corrected chi connectivity index (χ4v) is 3.62. The fourth-order valence-electron chi connectivity index (χ4n) is 3.62. The zero-order valence-corrected chi connectivity index (χ0v) is 13.8. The summed E-state index contributed by atoms with van der Waals surface area (Å²) < 4.78 is 0. The maximum absolute atomic E-state index is 4.60. The molecule has 0 spiro atoms. The van der Waals surface area contributed by atoms with Crippen molar-refractivity contribution in [2.75, 3.05) is 18.0 Å². The van der Waals surface area contributed by atoms with Gasteiger partial charge in [-0.15, -0.1) is 0 Å². The van der Waals surface area contributed by atoms with Crippen LogP contribution in [0.3, 0.4) is 0 Å². The molecule has 5 rings (SSSR count). The smallest absolute Gasteiger partial charge is 0.143 e. The van der Waals surface area contributed by atoms with Gasteiger partial charge in [0.15, 0.2) is 0 Å². The minimum Gasteiger partial charge on any atom is -0.360 e. The Balaban J connectivity index is 1.69. The average molecular weight is 330 g/mol. The van der Waals surface area contributed by atoms with Crippen LogP contribution in [0.1, 0.15) is 12.8 Å². The average Bonchev–Trinajstić information content (AvgIpc) is 3.27. The Bertz CT molecular complexity index is 1090. The summed E-state index contributed by atoms with van der Waals surface area (Å²) in [6.45, 7) is 6.00. The van der Waals surface area contributed by atoms with Crippen LogP contribution in [0.15, 0.2) is 49.2 Å². The van der Waals surface area contributed by atoms with Gasteiger partial charge in [0.25, 0.3) is 0 Å². The second-order valence-electron chi connectivity index (χ2n) is 6.53. The molecule has 5 heterocycles. The van der Waals surface area contributed by atoms with Gasteiger partial charge in [-0.25, -0.2) is 9.97 Å². The molecule has 4 aromatic rings. The van der Waals surface area contributed by atoms with Gasteiger partial charge >= 0.3 is 0 Å². The normalized spacial score (nSPS) is 15.4. The molecule has 2 N–H and O–H groups in total. The lowest BCUT2D eigenvalue weighted by Crippen LogP contribution is -2.31. The summed E-state index contributed by atoms with van der Waals surface area (Å²) >= 11 is 0. The van der Waals surface area contributed by atoms with Crippen molar-refractivity contribution in [2.45, 2.75) is 12.8 Å². The van der Waals surface area contributed by atoms with E-state index in [9.17, 15) is 0 Å². The lowest BCUT2D eigenvalue weighted by Gasteiger charge is -2.29. The van der Waals surface area contributed by atoms with Gasteiger partial charge in [-0.3, -0.25) is 4.98 Å². The van der Waals surface area contributed by atoms with Crippen LogP contribution in [-0.2, 0) is 0 Å². The second-order valence-corrected chi connectivity index (χ2v) is 6.53. The number of anilines is 1. The van der Waals surface area contributed by atoms with Crippen LogP contribution in [0.4, 0.5) is 5.82 Å². The first-order chi connectivity index (χ1) is 12.3. The third-order valence-corrected chi connectivity index (χ3v) is 4.83. The van der Waals surface area contributed by atoms with Crippen LogP contribution in [0, 0.1) is 0 Å². The summed E-state index contributed by atoms with van der Waals surface area (Å²) in [4.78, 5) is 22.4. The highest BCUT2D eigenvalue weighted by atomic mass is 15.2. The number of fused-ring (bicyclic) bond motifs is 2. The van der Waals surface area contributed by atoms with Crippen LogP contribution in [0.2, 0.25) is 0 Å². The molecule has 6 nitrogen and oxygen atoms in total. The predicted molar refractivity (Wildman–Crippen MR) is 99.6 cm³/mol. The third kappa shape index (κ3) is 2.29. The van der Waals surface area contributed by atoms with E-state index in [1.807, 2.05) is 24.7 Å². The highest BCUT2D eigenvalue weighted by Gasteiger charge is 2.20. The van der Waals surface area contributed by atoms with Crippen molar-refractivity contribution in [2.24, 2.45) is 0 Å². The maximum atomic E-state index is 4.60. The molecular formula is C19H18N6. The maximum Gasteiger partial charge on any atom is 0.143 e. The van der Waals surface area contributed by atoms with Gasteiger partial charge in [-0.05, 0) is 25.0 Å². The first-order valence-electron chi connectivity index (χ1n) is 8.47. The van der Waals surface area contributed by atoms with E-state index in [4.69, 9.17) is 0 Å². The lowest BCUT2D eigenvalue weighted by molar-refractivity contribution is 0.674. The molecule has 0 amide bonds. The molecule has 1 fully saturated rings. The summed E-state index contributed by atoms with van der Waals surface area (Å²) in [5, 5.41) is 1.05. The van der Waals surface area contributed by atoms with E-state index in [0.29, 0.717) is 0 Å². The van der Waals surface area contributed by atoms with Crippen molar-refractivity contribution in [3.8, 4) is 11.1 Å². The molecule has 0 atom stereocenters. The fraction of sp³-hybridized carbons (Fsp3) is 0.211. The Labute approximate surface area is 144 Å². The number of aromatic nitrogens is 5. The summed E-state index contributed by atoms with van der Waals surface area (Å²) in [6.07, 6.45) is 9.64. The Hall–Kier alpha value is -3.15. The van der Waals surface area contributed by atoms with Crippen LogP contribution >= 0.6 is 0 Å². The number of aromatic amines is 2. The standard InChI is InChI=1S/C19H18N6/c1-12-3-2-6-25(10-12)19-17-14(9-22-18(17)23-11-24-19)13-7-16-15(21-8-13)4-5-20-16/h4-5,7-9,11,20H,1-3,6,10H2,(H,22,23,24). The van der Waals surface area contributed by atoms with Crippen molar-refractivity contribution in [3.63, 3.8) is 0 Å². The van der Waals surface area contributed by atoms with E-state index < -0.39 is 0 Å². The molecule has 0 bridgehead atoms. The summed E-state index contributed by atoms with van der Waals surface area (Å²) in [5.41, 5.74) is 6.22. The van der Waals surface area contributed by atoms with E-state index >= 15 is 0 Å². The molecule has 6 heteroatoms. The number of rotatable bonds is 2. The van der Waals surface area contributed by atoms with Crippen molar-refractivity contribution in [3.05, 3.63) is 49.2 Å². The molecular weight excluding hydrogens is 312 g/mol. The highest BCUT2D eigenvalue weighted by molar-refractivity contribution is 6.02. The third-order valence-electron chi connectivity index (χ3n) is 4.83. The zero-order chi connectivity index (χ0) is 16.8. The van der Waals surface area contributed by atoms with Gasteiger partial charge in [-0.2, -0.15) is 0 Å². The van der Waals surface area contributed by atoms with Crippen LogP contribution < -0.4 is 4.90 Å². The number of H-pyrrole nitrogens is 2. The van der Waals surface area contributed by atoms with Gasteiger partial charge in [0.2, 0.25) is 0 Å². The summed E-state index contributed by atoms with van der Waals surface area (Å²) in [5.74, 6) is 0.966. The minimum absolute atomic E-state index is 0.850. The summed E-state index contributed by atoms with van der Waals surface area (Å²) in [7, 11) is 0. The Kier molecular flexibility index (Phi) is 3.09. The molecule has 0 aliphatic carbocycles. The topological polar surface area (TPSA) is 73.5 Å². The quantitative estimate of drug-likeness (QED) is 0.550. The molecule has 25 heavy (non-hydrogen) atoms. The van der Waals surface area contributed by atoms with E-state index in [2.05, 4.69) is 42.5 Å². The zero-order valence-electron chi connectivity index (χ0n) is 13.8.